The van der Waals surface area contributed by atoms with Gasteiger partial charge in [-0.15, -0.1) is 0 Å². The van der Waals surface area contributed by atoms with E-state index in [0.717, 1.165) is 12.8 Å². The van der Waals surface area contributed by atoms with Crippen molar-refractivity contribution in [3.63, 3.8) is 0 Å². The van der Waals surface area contributed by atoms with Gasteiger partial charge in [-0.1, -0.05) is 6.42 Å². The fourth-order valence-corrected chi connectivity index (χ4v) is 3.83. The largest absolute Gasteiger partial charge is 0.480 e. The first-order valence-electron chi connectivity index (χ1n) is 6.73. The molecule has 1 aliphatic heterocycles. The van der Waals surface area contributed by atoms with Crippen molar-refractivity contribution < 1.29 is 14.7 Å². The average Bonchev–Trinajstić information content (AvgIpc) is 2.81. The Bertz CT molecular complexity index is 345. The van der Waals surface area contributed by atoms with Crippen molar-refractivity contribution in [2.75, 3.05) is 6.54 Å². The third kappa shape index (κ3) is 1.74. The molecule has 3 aliphatic rings. The molecule has 3 atom stereocenters. The van der Waals surface area contributed by atoms with E-state index in [1.807, 2.05) is 0 Å². The van der Waals surface area contributed by atoms with E-state index < -0.39 is 12.0 Å². The molecule has 3 rings (SSSR count). The number of carboxylic acid groups (broad SMARTS) is 1. The van der Waals surface area contributed by atoms with Crippen molar-refractivity contribution in [2.24, 2.45) is 17.8 Å². The highest BCUT2D eigenvalue weighted by atomic mass is 16.4. The highest BCUT2D eigenvalue weighted by Crippen LogP contribution is 2.58. The summed E-state index contributed by atoms with van der Waals surface area (Å²) in [6, 6.07) is -0.558. The van der Waals surface area contributed by atoms with E-state index in [1.54, 1.807) is 4.90 Å². The summed E-state index contributed by atoms with van der Waals surface area (Å²) in [7, 11) is 0. The van der Waals surface area contributed by atoms with Crippen LogP contribution in [0.5, 0.6) is 0 Å². The second-order valence-corrected chi connectivity index (χ2v) is 5.67. The summed E-state index contributed by atoms with van der Waals surface area (Å²) in [5, 5.41) is 9.17. The lowest BCUT2D eigenvalue weighted by Crippen LogP contribution is -2.49. The van der Waals surface area contributed by atoms with Crippen molar-refractivity contribution in [1.29, 1.82) is 0 Å². The summed E-state index contributed by atoms with van der Waals surface area (Å²) in [4.78, 5) is 25.2. The molecule has 0 aromatic heterocycles. The maximum absolute atomic E-state index is 12.4. The molecule has 0 bridgehead atoms. The lowest BCUT2D eigenvalue weighted by Gasteiger charge is -2.33. The molecule has 3 fully saturated rings. The number of carbonyl (C=O) groups is 2. The third-order valence-corrected chi connectivity index (χ3v) is 4.76. The monoisotopic (exact) mass is 237 g/mol. The van der Waals surface area contributed by atoms with Gasteiger partial charge >= 0.3 is 5.97 Å². The van der Waals surface area contributed by atoms with E-state index in [4.69, 9.17) is 5.11 Å². The Kier molecular flexibility index (Phi) is 2.60. The zero-order chi connectivity index (χ0) is 12.0. The number of nitrogens with zero attached hydrogens (tertiary/aromatic N) is 1. The molecular weight excluding hydrogens is 218 g/mol. The average molecular weight is 237 g/mol. The third-order valence-electron chi connectivity index (χ3n) is 4.76. The molecule has 94 valence electrons. The van der Waals surface area contributed by atoms with Crippen LogP contribution in [0, 0.1) is 17.8 Å². The first-order valence-corrected chi connectivity index (χ1v) is 6.73. The number of hydrogen-bond donors (Lipinski definition) is 1. The van der Waals surface area contributed by atoms with E-state index in [2.05, 4.69) is 0 Å². The zero-order valence-electron chi connectivity index (χ0n) is 9.97. The van der Waals surface area contributed by atoms with Gasteiger partial charge in [0, 0.05) is 12.5 Å². The predicted octanol–water partition coefficient (Wildman–Crippen LogP) is 1.50. The van der Waals surface area contributed by atoms with Crippen LogP contribution in [0.15, 0.2) is 0 Å². The molecular formula is C13H19NO3. The molecule has 1 saturated heterocycles. The fourth-order valence-electron chi connectivity index (χ4n) is 3.83. The molecule has 1 N–H and O–H groups in total. The number of carbonyl (C=O) groups excluding carboxylic acids is 1. The fraction of sp³-hybridized carbons (Fsp3) is 0.846. The Labute approximate surface area is 101 Å². The summed E-state index contributed by atoms with van der Waals surface area (Å²) >= 11 is 0. The van der Waals surface area contributed by atoms with Gasteiger partial charge in [0.05, 0.1) is 0 Å². The van der Waals surface area contributed by atoms with Gasteiger partial charge in [0.1, 0.15) is 6.04 Å². The van der Waals surface area contributed by atoms with Gasteiger partial charge in [-0.2, -0.15) is 0 Å². The minimum absolute atomic E-state index is 0.131. The molecule has 2 aliphatic carbocycles. The van der Waals surface area contributed by atoms with Gasteiger partial charge in [-0.3, -0.25) is 4.79 Å². The molecule has 1 heterocycles. The van der Waals surface area contributed by atoms with Crippen molar-refractivity contribution in [1.82, 2.24) is 4.90 Å². The number of hydrogen-bond acceptors (Lipinski definition) is 2. The Hall–Kier alpha value is -1.06. The van der Waals surface area contributed by atoms with Crippen LogP contribution in [-0.4, -0.2) is 34.5 Å². The minimum Gasteiger partial charge on any atom is -0.480 e. The molecule has 0 aromatic rings. The van der Waals surface area contributed by atoms with Crippen LogP contribution < -0.4 is 0 Å². The lowest BCUT2D eigenvalue weighted by atomic mass is 10.0. The topological polar surface area (TPSA) is 57.6 Å². The molecule has 0 spiro atoms. The van der Waals surface area contributed by atoms with Crippen molar-refractivity contribution in [3.05, 3.63) is 0 Å². The summed E-state index contributed by atoms with van der Waals surface area (Å²) < 4.78 is 0. The van der Waals surface area contributed by atoms with E-state index >= 15 is 0 Å². The molecule has 1 amide bonds. The van der Waals surface area contributed by atoms with E-state index in [1.165, 1.54) is 19.3 Å². The van der Waals surface area contributed by atoms with Gasteiger partial charge in [-0.25, -0.2) is 4.79 Å². The standard InChI is InChI=1S/C13H19NO3/c15-12(11-8-4-3-5-9(8)11)14-7-2-1-6-10(14)13(16)17/h8-11H,1-7H2,(H,16,17)/t8-,9-,10-/m1/s1. The number of amides is 1. The van der Waals surface area contributed by atoms with E-state index in [-0.39, 0.29) is 11.8 Å². The number of fused-ring (bicyclic) bond motifs is 1. The summed E-state index contributed by atoms with van der Waals surface area (Å²) in [5.41, 5.74) is 0. The van der Waals surface area contributed by atoms with Gasteiger partial charge < -0.3 is 10.0 Å². The smallest absolute Gasteiger partial charge is 0.326 e. The molecule has 4 heteroatoms. The van der Waals surface area contributed by atoms with Crippen LogP contribution in [0.25, 0.3) is 0 Å². The molecule has 0 unspecified atom stereocenters. The molecule has 4 nitrogen and oxygen atoms in total. The number of rotatable bonds is 2. The van der Waals surface area contributed by atoms with Crippen LogP contribution in [0.2, 0.25) is 0 Å². The van der Waals surface area contributed by atoms with Crippen LogP contribution in [0.4, 0.5) is 0 Å². The summed E-state index contributed by atoms with van der Waals surface area (Å²) in [5.74, 6) is 0.636. The van der Waals surface area contributed by atoms with E-state index in [9.17, 15) is 9.59 Å². The highest BCUT2D eigenvalue weighted by molar-refractivity contribution is 5.87. The quantitative estimate of drug-likeness (QED) is 0.791. The van der Waals surface area contributed by atoms with Crippen molar-refractivity contribution in [2.45, 2.75) is 44.6 Å². The summed E-state index contributed by atoms with van der Waals surface area (Å²) in [6.45, 7) is 0.645. The van der Waals surface area contributed by atoms with Crippen molar-refractivity contribution in [3.8, 4) is 0 Å². The van der Waals surface area contributed by atoms with Gasteiger partial charge in [0.2, 0.25) is 5.91 Å². The lowest BCUT2D eigenvalue weighted by molar-refractivity contribution is -0.153. The van der Waals surface area contributed by atoms with E-state index in [0.29, 0.717) is 24.8 Å². The van der Waals surface area contributed by atoms with Crippen LogP contribution in [0.1, 0.15) is 38.5 Å². The molecule has 2 saturated carbocycles. The maximum atomic E-state index is 12.4. The second kappa shape index (κ2) is 4.00. The van der Waals surface area contributed by atoms with Gasteiger partial charge in [0.15, 0.2) is 0 Å². The Morgan fingerprint density at radius 2 is 1.71 bits per heavy atom. The number of likely N-dealkylation sites (tertiary alicyclic amines) is 1. The number of piperidine rings is 1. The normalized spacial score (nSPS) is 39.9. The predicted molar refractivity (Wildman–Crippen MR) is 61.3 cm³/mol. The molecule has 0 aromatic carbocycles. The Morgan fingerprint density at radius 1 is 1.00 bits per heavy atom. The van der Waals surface area contributed by atoms with Gasteiger partial charge in [0.25, 0.3) is 0 Å². The van der Waals surface area contributed by atoms with Crippen LogP contribution in [0.3, 0.4) is 0 Å². The SMILES string of the molecule is O=C(O)[C@H]1CCCCN1C(=O)C1[C@@H]2CCC[C@@H]12. The highest BCUT2D eigenvalue weighted by Gasteiger charge is 2.58. The molecule has 17 heavy (non-hydrogen) atoms. The second-order valence-electron chi connectivity index (χ2n) is 5.67. The molecule has 0 radical (unpaired) electrons. The van der Waals surface area contributed by atoms with Gasteiger partial charge in [-0.05, 0) is 43.9 Å². The maximum Gasteiger partial charge on any atom is 0.326 e. The minimum atomic E-state index is -0.830. The van der Waals surface area contributed by atoms with Crippen LogP contribution in [-0.2, 0) is 9.59 Å². The van der Waals surface area contributed by atoms with Crippen molar-refractivity contribution >= 4 is 11.9 Å². The first-order chi connectivity index (χ1) is 8.20. The van der Waals surface area contributed by atoms with Crippen LogP contribution >= 0.6 is 0 Å². The zero-order valence-corrected chi connectivity index (χ0v) is 9.97. The number of carboxylic acids is 1. The Morgan fingerprint density at radius 3 is 2.35 bits per heavy atom. The summed E-state index contributed by atoms with van der Waals surface area (Å²) in [6.07, 6.45) is 6.11. The number of aliphatic carboxylic acids is 1. The Balaban J connectivity index is 1.69. The first kappa shape index (κ1) is 11.1.